The molecule has 1 aromatic rings. The van der Waals surface area contributed by atoms with Crippen LogP contribution in [0, 0.1) is 5.92 Å². The first-order valence-electron chi connectivity index (χ1n) is 5.27. The standard InChI is InChI=1S/C11H18N2O2S.ClH/c1-8(5-12-2)11(15)13-6-10(14)9-3-4-16-7-9;/h3-4,7-8,10,12,14H,5-6H2,1-2H3,(H,13,15);1H. The van der Waals surface area contributed by atoms with Gasteiger partial charge in [-0.2, -0.15) is 11.3 Å². The number of carbonyl (C=O) groups excluding carboxylic acids is 1. The van der Waals surface area contributed by atoms with Crippen molar-refractivity contribution in [3.63, 3.8) is 0 Å². The van der Waals surface area contributed by atoms with E-state index < -0.39 is 6.10 Å². The Morgan fingerprint density at radius 3 is 2.76 bits per heavy atom. The van der Waals surface area contributed by atoms with E-state index in [1.54, 1.807) is 0 Å². The van der Waals surface area contributed by atoms with Gasteiger partial charge in [0.2, 0.25) is 5.91 Å². The topological polar surface area (TPSA) is 61.4 Å². The number of rotatable bonds is 6. The maximum atomic E-state index is 11.5. The summed E-state index contributed by atoms with van der Waals surface area (Å²) >= 11 is 1.53. The molecule has 4 nitrogen and oxygen atoms in total. The highest BCUT2D eigenvalue weighted by molar-refractivity contribution is 7.07. The number of aliphatic hydroxyl groups is 1. The lowest BCUT2D eigenvalue weighted by Crippen LogP contribution is -2.36. The van der Waals surface area contributed by atoms with Crippen LogP contribution in [-0.4, -0.2) is 31.2 Å². The zero-order valence-electron chi connectivity index (χ0n) is 9.97. The van der Waals surface area contributed by atoms with E-state index in [-0.39, 0.29) is 30.8 Å². The molecule has 0 aliphatic heterocycles. The Hall–Kier alpha value is -0.620. The molecule has 2 atom stereocenters. The maximum absolute atomic E-state index is 11.5. The van der Waals surface area contributed by atoms with E-state index >= 15 is 0 Å². The van der Waals surface area contributed by atoms with Crippen molar-refractivity contribution in [1.29, 1.82) is 0 Å². The number of thiophene rings is 1. The van der Waals surface area contributed by atoms with Gasteiger partial charge in [0, 0.05) is 19.0 Å². The number of aliphatic hydroxyl groups excluding tert-OH is 1. The van der Waals surface area contributed by atoms with Crippen LogP contribution in [0.15, 0.2) is 16.8 Å². The van der Waals surface area contributed by atoms with Crippen LogP contribution < -0.4 is 10.6 Å². The number of hydrogen-bond donors (Lipinski definition) is 3. The number of nitrogens with one attached hydrogen (secondary N) is 2. The molecule has 0 aromatic carbocycles. The van der Waals surface area contributed by atoms with Gasteiger partial charge < -0.3 is 15.7 Å². The second-order valence-corrected chi connectivity index (χ2v) is 4.56. The van der Waals surface area contributed by atoms with Crippen LogP contribution in [0.25, 0.3) is 0 Å². The molecule has 0 aliphatic rings. The van der Waals surface area contributed by atoms with E-state index in [0.29, 0.717) is 6.54 Å². The van der Waals surface area contributed by atoms with Crippen LogP contribution >= 0.6 is 23.7 Å². The van der Waals surface area contributed by atoms with Crippen molar-refractivity contribution in [1.82, 2.24) is 10.6 Å². The van der Waals surface area contributed by atoms with Gasteiger partial charge in [-0.25, -0.2) is 0 Å². The van der Waals surface area contributed by atoms with Gasteiger partial charge in [0.25, 0.3) is 0 Å². The van der Waals surface area contributed by atoms with E-state index in [1.807, 2.05) is 30.8 Å². The van der Waals surface area contributed by atoms with Crippen LogP contribution in [-0.2, 0) is 4.79 Å². The lowest BCUT2D eigenvalue weighted by atomic mass is 10.1. The van der Waals surface area contributed by atoms with Gasteiger partial charge in [-0.1, -0.05) is 6.92 Å². The predicted molar refractivity (Wildman–Crippen MR) is 72.6 cm³/mol. The lowest BCUT2D eigenvalue weighted by Gasteiger charge is -2.14. The Morgan fingerprint density at radius 1 is 1.53 bits per heavy atom. The zero-order chi connectivity index (χ0) is 12.0. The van der Waals surface area contributed by atoms with E-state index in [0.717, 1.165) is 5.56 Å². The minimum atomic E-state index is -0.614. The van der Waals surface area contributed by atoms with Crippen LogP contribution in [0.3, 0.4) is 0 Å². The third-order valence-corrected chi connectivity index (χ3v) is 3.06. The summed E-state index contributed by atoms with van der Waals surface area (Å²) in [7, 11) is 1.81. The molecule has 17 heavy (non-hydrogen) atoms. The molecule has 0 bridgehead atoms. The molecule has 0 aliphatic carbocycles. The quantitative estimate of drug-likeness (QED) is 0.732. The zero-order valence-corrected chi connectivity index (χ0v) is 11.6. The van der Waals surface area contributed by atoms with Crippen molar-refractivity contribution < 1.29 is 9.90 Å². The molecule has 1 rings (SSSR count). The lowest BCUT2D eigenvalue weighted by molar-refractivity contribution is -0.124. The van der Waals surface area contributed by atoms with Crippen molar-refractivity contribution in [3.8, 4) is 0 Å². The Kier molecular flexibility index (Phi) is 8.16. The van der Waals surface area contributed by atoms with Crippen LogP contribution in [0.4, 0.5) is 0 Å². The van der Waals surface area contributed by atoms with Crippen LogP contribution in [0.1, 0.15) is 18.6 Å². The summed E-state index contributed by atoms with van der Waals surface area (Å²) in [6.07, 6.45) is -0.614. The second kappa shape index (κ2) is 8.47. The normalized spacial score (nSPS) is 13.6. The minimum absolute atomic E-state index is 0. The van der Waals surface area contributed by atoms with Crippen molar-refractivity contribution in [2.45, 2.75) is 13.0 Å². The van der Waals surface area contributed by atoms with Gasteiger partial charge >= 0.3 is 0 Å². The molecule has 0 fully saturated rings. The van der Waals surface area contributed by atoms with Gasteiger partial charge in [-0.15, -0.1) is 12.4 Å². The molecule has 0 saturated carbocycles. The maximum Gasteiger partial charge on any atom is 0.224 e. The van der Waals surface area contributed by atoms with Gasteiger partial charge in [-0.05, 0) is 29.4 Å². The summed E-state index contributed by atoms with van der Waals surface area (Å²) in [6.45, 7) is 2.76. The molecule has 0 spiro atoms. The highest BCUT2D eigenvalue weighted by atomic mass is 35.5. The fourth-order valence-corrected chi connectivity index (χ4v) is 2.06. The summed E-state index contributed by atoms with van der Waals surface area (Å²) in [5, 5.41) is 19.2. The molecule has 6 heteroatoms. The van der Waals surface area contributed by atoms with E-state index in [4.69, 9.17) is 0 Å². The second-order valence-electron chi connectivity index (χ2n) is 3.78. The number of carbonyl (C=O) groups is 1. The summed E-state index contributed by atoms with van der Waals surface area (Å²) < 4.78 is 0. The summed E-state index contributed by atoms with van der Waals surface area (Å²) in [5.74, 6) is -0.122. The molecule has 1 aromatic heterocycles. The summed E-state index contributed by atoms with van der Waals surface area (Å²) in [5.41, 5.74) is 0.853. The minimum Gasteiger partial charge on any atom is -0.387 e. The summed E-state index contributed by atoms with van der Waals surface area (Å²) in [6, 6.07) is 1.86. The SMILES string of the molecule is CNCC(C)C(=O)NCC(O)c1ccsc1.Cl. The van der Waals surface area contributed by atoms with Gasteiger partial charge in [-0.3, -0.25) is 4.79 Å². The Bertz CT molecular complexity index is 319. The average molecular weight is 279 g/mol. The van der Waals surface area contributed by atoms with Gasteiger partial charge in [0.15, 0.2) is 0 Å². The first kappa shape index (κ1) is 16.4. The van der Waals surface area contributed by atoms with Crippen molar-refractivity contribution in [2.24, 2.45) is 5.92 Å². The van der Waals surface area contributed by atoms with E-state index in [9.17, 15) is 9.90 Å². The molecule has 0 saturated heterocycles. The third kappa shape index (κ3) is 5.50. The fourth-order valence-electron chi connectivity index (χ4n) is 1.35. The first-order chi connectivity index (χ1) is 7.65. The highest BCUT2D eigenvalue weighted by Gasteiger charge is 2.14. The monoisotopic (exact) mass is 278 g/mol. The van der Waals surface area contributed by atoms with Crippen molar-refractivity contribution in [2.75, 3.05) is 20.1 Å². The predicted octanol–water partition coefficient (Wildman–Crippen LogP) is 1.18. The molecule has 98 valence electrons. The largest absolute Gasteiger partial charge is 0.387 e. The Balaban J connectivity index is 0.00000256. The molecular formula is C11H19ClN2O2S. The average Bonchev–Trinajstić information content (AvgIpc) is 2.79. The highest BCUT2D eigenvalue weighted by Crippen LogP contribution is 2.15. The van der Waals surface area contributed by atoms with Crippen LogP contribution in [0.2, 0.25) is 0 Å². The van der Waals surface area contributed by atoms with Crippen LogP contribution in [0.5, 0.6) is 0 Å². The smallest absolute Gasteiger partial charge is 0.224 e. The molecule has 3 N–H and O–H groups in total. The van der Waals surface area contributed by atoms with Crippen molar-refractivity contribution in [3.05, 3.63) is 22.4 Å². The molecule has 1 amide bonds. The number of halogens is 1. The van der Waals surface area contributed by atoms with E-state index in [1.165, 1.54) is 11.3 Å². The number of amides is 1. The van der Waals surface area contributed by atoms with Crippen molar-refractivity contribution >= 4 is 29.7 Å². The Morgan fingerprint density at radius 2 is 2.24 bits per heavy atom. The summed E-state index contributed by atoms with van der Waals surface area (Å²) in [4.78, 5) is 11.5. The molecule has 1 heterocycles. The molecular weight excluding hydrogens is 260 g/mol. The fraction of sp³-hybridized carbons (Fsp3) is 0.545. The number of hydrogen-bond acceptors (Lipinski definition) is 4. The van der Waals surface area contributed by atoms with Gasteiger partial charge in [0.1, 0.15) is 0 Å². The van der Waals surface area contributed by atoms with E-state index in [2.05, 4.69) is 10.6 Å². The van der Waals surface area contributed by atoms with Gasteiger partial charge in [0.05, 0.1) is 6.10 Å². The molecule has 2 unspecified atom stereocenters. The first-order valence-corrected chi connectivity index (χ1v) is 6.22. The Labute approximate surface area is 112 Å². The third-order valence-electron chi connectivity index (χ3n) is 2.36. The molecule has 0 radical (unpaired) electrons.